The maximum atomic E-state index is 12.8. The van der Waals surface area contributed by atoms with Gasteiger partial charge in [0, 0.05) is 17.1 Å². The van der Waals surface area contributed by atoms with Crippen LogP contribution in [0.4, 0.5) is 0 Å². The van der Waals surface area contributed by atoms with Crippen LogP contribution in [-0.2, 0) is 4.79 Å². The van der Waals surface area contributed by atoms with Gasteiger partial charge in [-0.25, -0.2) is 0 Å². The summed E-state index contributed by atoms with van der Waals surface area (Å²) >= 11 is 3.51. The van der Waals surface area contributed by atoms with Crippen LogP contribution in [-0.4, -0.2) is 30.6 Å². The zero-order chi connectivity index (χ0) is 17.9. The summed E-state index contributed by atoms with van der Waals surface area (Å²) in [5.74, 6) is 1.60. The molecule has 4 rings (SSSR count). The predicted octanol–water partition coefficient (Wildman–Crippen LogP) is 4.60. The van der Waals surface area contributed by atoms with E-state index in [0.717, 1.165) is 46.5 Å². The molecule has 134 valence electrons. The maximum absolute atomic E-state index is 12.8. The molecule has 1 fully saturated rings. The zero-order valence-corrected chi connectivity index (χ0v) is 15.9. The molecule has 0 bridgehead atoms. The van der Waals surface area contributed by atoms with Gasteiger partial charge in [0.25, 0.3) is 0 Å². The SMILES string of the molecule is O=C(C=Cc1ccccc1Br)N1CCCC1c1ccc2c(c1)OCCO2. The Hall–Kier alpha value is -2.27. The number of ether oxygens (including phenoxy) is 2. The van der Waals surface area contributed by atoms with Crippen molar-refractivity contribution in [2.24, 2.45) is 0 Å². The lowest BCUT2D eigenvalue weighted by molar-refractivity contribution is -0.126. The van der Waals surface area contributed by atoms with Crippen LogP contribution in [0.2, 0.25) is 0 Å². The van der Waals surface area contributed by atoms with Crippen LogP contribution in [0.15, 0.2) is 53.0 Å². The Balaban J connectivity index is 1.53. The quantitative estimate of drug-likeness (QED) is 0.690. The zero-order valence-electron chi connectivity index (χ0n) is 14.4. The molecule has 0 spiro atoms. The Labute approximate surface area is 161 Å². The van der Waals surface area contributed by atoms with Crippen molar-refractivity contribution in [3.63, 3.8) is 0 Å². The molecule has 0 aliphatic carbocycles. The van der Waals surface area contributed by atoms with E-state index in [9.17, 15) is 4.79 Å². The molecule has 2 aromatic rings. The molecule has 0 aromatic heterocycles. The molecule has 2 aromatic carbocycles. The molecular formula is C21H20BrNO3. The number of hydrogen-bond donors (Lipinski definition) is 0. The van der Waals surface area contributed by atoms with Gasteiger partial charge in [0.1, 0.15) is 13.2 Å². The van der Waals surface area contributed by atoms with Gasteiger partial charge >= 0.3 is 0 Å². The fraction of sp³-hybridized carbons (Fsp3) is 0.286. The van der Waals surface area contributed by atoms with Gasteiger partial charge in [-0.05, 0) is 48.2 Å². The van der Waals surface area contributed by atoms with E-state index in [2.05, 4.69) is 15.9 Å². The van der Waals surface area contributed by atoms with E-state index in [0.29, 0.717) is 13.2 Å². The average molecular weight is 414 g/mol. The van der Waals surface area contributed by atoms with Gasteiger partial charge in [0.05, 0.1) is 6.04 Å². The molecule has 2 aliphatic rings. The molecule has 2 aliphatic heterocycles. The van der Waals surface area contributed by atoms with Crippen molar-refractivity contribution in [3.8, 4) is 11.5 Å². The van der Waals surface area contributed by atoms with Crippen LogP contribution in [0.3, 0.4) is 0 Å². The van der Waals surface area contributed by atoms with Gasteiger partial charge in [-0.2, -0.15) is 0 Å². The molecule has 0 saturated carbocycles. The third-order valence-electron chi connectivity index (χ3n) is 4.80. The third-order valence-corrected chi connectivity index (χ3v) is 5.52. The lowest BCUT2D eigenvalue weighted by Gasteiger charge is -2.26. The second-order valence-electron chi connectivity index (χ2n) is 6.45. The second kappa shape index (κ2) is 7.54. The van der Waals surface area contributed by atoms with Gasteiger partial charge in [-0.1, -0.05) is 40.2 Å². The van der Waals surface area contributed by atoms with E-state index in [1.54, 1.807) is 6.08 Å². The number of benzene rings is 2. The van der Waals surface area contributed by atoms with Crippen LogP contribution in [0.5, 0.6) is 11.5 Å². The fourth-order valence-corrected chi connectivity index (χ4v) is 3.93. The van der Waals surface area contributed by atoms with E-state index < -0.39 is 0 Å². The molecule has 1 saturated heterocycles. The average Bonchev–Trinajstić information content (AvgIpc) is 3.17. The van der Waals surface area contributed by atoms with Crippen LogP contribution in [0.25, 0.3) is 6.08 Å². The molecule has 0 N–H and O–H groups in total. The van der Waals surface area contributed by atoms with Gasteiger partial charge in [0.2, 0.25) is 5.91 Å². The van der Waals surface area contributed by atoms with Gasteiger partial charge in [-0.3, -0.25) is 4.79 Å². The van der Waals surface area contributed by atoms with E-state index in [1.165, 1.54) is 0 Å². The maximum Gasteiger partial charge on any atom is 0.247 e. The van der Waals surface area contributed by atoms with Crippen LogP contribution in [0, 0.1) is 0 Å². The highest BCUT2D eigenvalue weighted by Crippen LogP contribution is 2.38. The number of hydrogen-bond acceptors (Lipinski definition) is 3. The summed E-state index contributed by atoms with van der Waals surface area (Å²) in [5.41, 5.74) is 2.10. The van der Waals surface area contributed by atoms with Crippen molar-refractivity contribution >= 4 is 27.9 Å². The van der Waals surface area contributed by atoms with Gasteiger partial charge in [0.15, 0.2) is 11.5 Å². The van der Waals surface area contributed by atoms with Gasteiger partial charge < -0.3 is 14.4 Å². The summed E-state index contributed by atoms with van der Waals surface area (Å²) in [6, 6.07) is 14.0. The summed E-state index contributed by atoms with van der Waals surface area (Å²) in [4.78, 5) is 14.7. The molecule has 1 unspecified atom stereocenters. The first-order chi connectivity index (χ1) is 12.7. The Morgan fingerprint density at radius 1 is 1.12 bits per heavy atom. The van der Waals surface area contributed by atoms with Crippen LogP contribution >= 0.6 is 15.9 Å². The van der Waals surface area contributed by atoms with E-state index in [-0.39, 0.29) is 11.9 Å². The molecular weight excluding hydrogens is 394 g/mol. The molecule has 5 heteroatoms. The summed E-state index contributed by atoms with van der Waals surface area (Å²) < 4.78 is 12.3. The van der Waals surface area contributed by atoms with Crippen molar-refractivity contribution in [2.45, 2.75) is 18.9 Å². The standard InChI is InChI=1S/C21H20BrNO3/c22-17-5-2-1-4-15(17)8-10-21(24)23-11-3-6-18(23)16-7-9-19-20(14-16)26-13-12-25-19/h1-2,4-5,7-10,14,18H,3,6,11-13H2. The van der Waals surface area contributed by atoms with E-state index in [1.807, 2.05) is 53.4 Å². The molecule has 2 heterocycles. The number of rotatable bonds is 3. The smallest absolute Gasteiger partial charge is 0.247 e. The Morgan fingerprint density at radius 3 is 2.77 bits per heavy atom. The number of halogens is 1. The number of fused-ring (bicyclic) bond motifs is 1. The number of nitrogens with zero attached hydrogens (tertiary/aromatic N) is 1. The molecule has 1 amide bonds. The summed E-state index contributed by atoms with van der Waals surface area (Å²) in [6.45, 7) is 1.93. The van der Waals surface area contributed by atoms with Crippen molar-refractivity contribution in [1.82, 2.24) is 4.90 Å². The molecule has 26 heavy (non-hydrogen) atoms. The monoisotopic (exact) mass is 413 g/mol. The molecule has 0 radical (unpaired) electrons. The minimum Gasteiger partial charge on any atom is -0.486 e. The largest absolute Gasteiger partial charge is 0.486 e. The molecule has 4 nitrogen and oxygen atoms in total. The summed E-state index contributed by atoms with van der Waals surface area (Å²) in [5, 5.41) is 0. The van der Waals surface area contributed by atoms with E-state index in [4.69, 9.17) is 9.47 Å². The minimum absolute atomic E-state index is 0.0399. The summed E-state index contributed by atoms with van der Waals surface area (Å²) in [7, 11) is 0. The second-order valence-corrected chi connectivity index (χ2v) is 7.30. The Morgan fingerprint density at radius 2 is 1.92 bits per heavy atom. The van der Waals surface area contributed by atoms with E-state index >= 15 is 0 Å². The highest BCUT2D eigenvalue weighted by Gasteiger charge is 2.29. The lowest BCUT2D eigenvalue weighted by atomic mass is 10.0. The van der Waals surface area contributed by atoms with Gasteiger partial charge in [-0.15, -0.1) is 0 Å². The lowest BCUT2D eigenvalue weighted by Crippen LogP contribution is -2.29. The van der Waals surface area contributed by atoms with Crippen molar-refractivity contribution in [2.75, 3.05) is 19.8 Å². The first-order valence-electron chi connectivity index (χ1n) is 8.85. The van der Waals surface area contributed by atoms with Crippen LogP contribution in [0.1, 0.15) is 30.0 Å². The number of amides is 1. The number of likely N-dealkylation sites (tertiary alicyclic amines) is 1. The van der Waals surface area contributed by atoms with Crippen molar-refractivity contribution in [1.29, 1.82) is 0 Å². The topological polar surface area (TPSA) is 38.8 Å². The number of carbonyl (C=O) groups is 1. The van der Waals surface area contributed by atoms with Crippen LogP contribution < -0.4 is 9.47 Å². The predicted molar refractivity (Wildman–Crippen MR) is 104 cm³/mol. The normalized spacial score (nSPS) is 19.1. The first-order valence-corrected chi connectivity index (χ1v) is 9.64. The highest BCUT2D eigenvalue weighted by molar-refractivity contribution is 9.10. The first kappa shape index (κ1) is 17.2. The third kappa shape index (κ3) is 3.49. The highest BCUT2D eigenvalue weighted by atomic mass is 79.9. The number of carbonyl (C=O) groups excluding carboxylic acids is 1. The van der Waals surface area contributed by atoms with Crippen molar-refractivity contribution in [3.05, 3.63) is 64.1 Å². The summed E-state index contributed by atoms with van der Waals surface area (Å²) in [6.07, 6.45) is 5.50. The Bertz CT molecular complexity index is 849. The Kier molecular flexibility index (Phi) is 4.98. The fourth-order valence-electron chi connectivity index (χ4n) is 3.51. The van der Waals surface area contributed by atoms with Crippen molar-refractivity contribution < 1.29 is 14.3 Å². The minimum atomic E-state index is 0.0399. The molecule has 1 atom stereocenters.